The third kappa shape index (κ3) is 2.65. The van der Waals surface area contributed by atoms with Gasteiger partial charge in [-0.2, -0.15) is 0 Å². The molecule has 110 valence electrons. The molecule has 2 aliphatic carbocycles. The van der Waals surface area contributed by atoms with E-state index in [1.165, 1.54) is 19.8 Å². The number of hydrogen-bond donors (Lipinski definition) is 0. The zero-order valence-electron chi connectivity index (χ0n) is 12.3. The van der Waals surface area contributed by atoms with Gasteiger partial charge in [-0.1, -0.05) is 25.2 Å². The first kappa shape index (κ1) is 14.8. The maximum Gasteiger partial charge on any atom is 0.320 e. The lowest BCUT2D eigenvalue weighted by molar-refractivity contribution is -0.161. The molecule has 0 N–H and O–H groups in total. The van der Waals surface area contributed by atoms with E-state index in [9.17, 15) is 9.59 Å². The van der Waals surface area contributed by atoms with Crippen molar-refractivity contribution in [3.63, 3.8) is 0 Å². The molecule has 0 saturated carbocycles. The summed E-state index contributed by atoms with van der Waals surface area (Å²) in [5, 5.41) is 0. The normalized spacial score (nSPS) is 28.6. The molecule has 0 fully saturated rings. The molecule has 0 heterocycles. The zero-order chi connectivity index (χ0) is 14.8. The molecule has 0 aromatic rings. The lowest BCUT2D eigenvalue weighted by Crippen LogP contribution is -2.36. The van der Waals surface area contributed by atoms with Crippen molar-refractivity contribution in [2.45, 2.75) is 32.6 Å². The summed E-state index contributed by atoms with van der Waals surface area (Å²) in [5.74, 6) is -2.01. The number of rotatable bonds is 3. The fourth-order valence-corrected chi connectivity index (χ4v) is 3.25. The molecular formula is C16H22O4. The molecule has 0 aromatic heterocycles. The molecule has 0 saturated heterocycles. The molecule has 2 rings (SSSR count). The highest BCUT2D eigenvalue weighted by atomic mass is 16.5. The molecule has 0 aromatic carbocycles. The van der Waals surface area contributed by atoms with Gasteiger partial charge in [0.05, 0.1) is 14.2 Å². The maximum atomic E-state index is 11.9. The molecule has 20 heavy (non-hydrogen) atoms. The highest BCUT2D eigenvalue weighted by Crippen LogP contribution is 2.47. The van der Waals surface area contributed by atoms with Crippen LogP contribution in [0.1, 0.15) is 32.6 Å². The van der Waals surface area contributed by atoms with E-state index in [0.717, 1.165) is 25.7 Å². The van der Waals surface area contributed by atoms with Crippen LogP contribution in [-0.2, 0) is 19.1 Å². The van der Waals surface area contributed by atoms with E-state index in [1.54, 1.807) is 0 Å². The zero-order valence-corrected chi connectivity index (χ0v) is 12.3. The van der Waals surface area contributed by atoms with Crippen LogP contribution in [0.25, 0.3) is 0 Å². The lowest BCUT2D eigenvalue weighted by atomic mass is 9.65. The predicted octanol–water partition coefficient (Wildman–Crippen LogP) is 2.64. The first-order chi connectivity index (χ1) is 9.51. The van der Waals surface area contributed by atoms with Gasteiger partial charge in [0.25, 0.3) is 0 Å². The molecule has 0 spiro atoms. The molecular weight excluding hydrogens is 256 g/mol. The number of methoxy groups -OCH3 is 2. The highest BCUT2D eigenvalue weighted by Gasteiger charge is 2.41. The molecule has 4 heteroatoms. The number of allylic oxidation sites excluding steroid dienone is 4. The van der Waals surface area contributed by atoms with Gasteiger partial charge >= 0.3 is 11.9 Å². The standard InChI is InChI=1S/C16H22O4/c1-16-8-5-4-6-12(16)10-11(7-9-16)13(14(17)19-2)15(18)20-3/h4,6,10-11,13H,5,7-9H2,1-3H3/t11-,16+/m0/s1. The van der Waals surface area contributed by atoms with E-state index in [4.69, 9.17) is 9.47 Å². The van der Waals surface area contributed by atoms with Crippen molar-refractivity contribution in [2.75, 3.05) is 14.2 Å². The monoisotopic (exact) mass is 278 g/mol. The number of carbonyl (C=O) groups excluding carboxylic acids is 2. The van der Waals surface area contributed by atoms with Crippen LogP contribution in [0.3, 0.4) is 0 Å². The van der Waals surface area contributed by atoms with Crippen LogP contribution in [0.4, 0.5) is 0 Å². The smallest absolute Gasteiger partial charge is 0.320 e. The average Bonchev–Trinajstić information content (AvgIpc) is 2.46. The van der Waals surface area contributed by atoms with Crippen molar-refractivity contribution in [1.82, 2.24) is 0 Å². The fourth-order valence-electron chi connectivity index (χ4n) is 3.25. The molecule has 0 aliphatic heterocycles. The van der Waals surface area contributed by atoms with Crippen LogP contribution in [0, 0.1) is 17.3 Å². The Balaban J connectivity index is 2.29. The van der Waals surface area contributed by atoms with E-state index >= 15 is 0 Å². The molecule has 0 bridgehead atoms. The van der Waals surface area contributed by atoms with Crippen molar-refractivity contribution in [1.29, 1.82) is 0 Å². The Bertz CT molecular complexity index is 447. The quantitative estimate of drug-likeness (QED) is 0.588. The van der Waals surface area contributed by atoms with Crippen LogP contribution >= 0.6 is 0 Å². The molecule has 0 radical (unpaired) electrons. The van der Waals surface area contributed by atoms with Crippen LogP contribution in [0.2, 0.25) is 0 Å². The van der Waals surface area contributed by atoms with Crippen molar-refractivity contribution >= 4 is 11.9 Å². The minimum Gasteiger partial charge on any atom is -0.468 e. The molecule has 0 amide bonds. The summed E-state index contributed by atoms with van der Waals surface area (Å²) < 4.78 is 9.53. The van der Waals surface area contributed by atoms with Gasteiger partial charge in [-0.3, -0.25) is 9.59 Å². The largest absolute Gasteiger partial charge is 0.468 e. The highest BCUT2D eigenvalue weighted by molar-refractivity contribution is 5.95. The molecule has 2 aliphatic rings. The molecule has 0 unspecified atom stereocenters. The van der Waals surface area contributed by atoms with Crippen molar-refractivity contribution in [3.8, 4) is 0 Å². The van der Waals surface area contributed by atoms with Gasteiger partial charge in [0.15, 0.2) is 5.92 Å². The van der Waals surface area contributed by atoms with Crippen LogP contribution in [-0.4, -0.2) is 26.2 Å². The number of carbonyl (C=O) groups is 2. The van der Waals surface area contributed by atoms with Gasteiger partial charge < -0.3 is 9.47 Å². The van der Waals surface area contributed by atoms with E-state index in [2.05, 4.69) is 25.2 Å². The average molecular weight is 278 g/mol. The van der Waals surface area contributed by atoms with Crippen LogP contribution < -0.4 is 0 Å². The molecule has 4 nitrogen and oxygen atoms in total. The summed E-state index contributed by atoms with van der Waals surface area (Å²) >= 11 is 0. The second-order valence-electron chi connectivity index (χ2n) is 5.85. The number of ether oxygens (including phenoxy) is 2. The third-order valence-electron chi connectivity index (χ3n) is 4.62. The minimum absolute atomic E-state index is 0.138. The Labute approximate surface area is 119 Å². The van der Waals surface area contributed by atoms with E-state index in [-0.39, 0.29) is 11.3 Å². The van der Waals surface area contributed by atoms with Crippen molar-refractivity contribution in [2.24, 2.45) is 17.3 Å². The number of fused-ring (bicyclic) bond motifs is 1. The topological polar surface area (TPSA) is 52.6 Å². The Kier molecular flexibility index (Phi) is 4.31. The first-order valence-electron chi connectivity index (χ1n) is 7.06. The Morgan fingerprint density at radius 3 is 2.50 bits per heavy atom. The van der Waals surface area contributed by atoms with E-state index < -0.39 is 17.9 Å². The first-order valence-corrected chi connectivity index (χ1v) is 7.06. The Morgan fingerprint density at radius 2 is 1.90 bits per heavy atom. The summed E-state index contributed by atoms with van der Waals surface area (Å²) in [5.41, 5.74) is 1.42. The van der Waals surface area contributed by atoms with Gasteiger partial charge in [0.2, 0.25) is 0 Å². The Morgan fingerprint density at radius 1 is 1.25 bits per heavy atom. The minimum atomic E-state index is -0.850. The summed E-state index contributed by atoms with van der Waals surface area (Å²) in [6, 6.07) is 0. The van der Waals surface area contributed by atoms with Crippen LogP contribution in [0.5, 0.6) is 0 Å². The van der Waals surface area contributed by atoms with Gasteiger partial charge in [-0.25, -0.2) is 0 Å². The van der Waals surface area contributed by atoms with Gasteiger partial charge in [0, 0.05) is 5.92 Å². The predicted molar refractivity (Wildman–Crippen MR) is 74.8 cm³/mol. The fraction of sp³-hybridized carbons (Fsp3) is 0.625. The van der Waals surface area contributed by atoms with Crippen molar-refractivity contribution < 1.29 is 19.1 Å². The SMILES string of the molecule is COC(=O)C(C(=O)OC)[C@@H]1C=C2C=CCC[C@]2(C)CC1. The van der Waals surface area contributed by atoms with Crippen LogP contribution in [0.15, 0.2) is 23.8 Å². The summed E-state index contributed by atoms with van der Waals surface area (Å²) in [6.45, 7) is 2.25. The molecule has 2 atom stereocenters. The number of hydrogen-bond acceptors (Lipinski definition) is 4. The summed E-state index contributed by atoms with van der Waals surface area (Å²) in [7, 11) is 2.61. The second-order valence-corrected chi connectivity index (χ2v) is 5.85. The van der Waals surface area contributed by atoms with E-state index in [0.29, 0.717) is 0 Å². The summed E-state index contributed by atoms with van der Waals surface area (Å²) in [6.07, 6.45) is 10.4. The lowest BCUT2D eigenvalue weighted by Gasteiger charge is -2.40. The summed E-state index contributed by atoms with van der Waals surface area (Å²) in [4.78, 5) is 23.8. The van der Waals surface area contributed by atoms with Crippen molar-refractivity contribution in [3.05, 3.63) is 23.8 Å². The Hall–Kier alpha value is -1.58. The van der Waals surface area contributed by atoms with Gasteiger partial charge in [-0.15, -0.1) is 0 Å². The van der Waals surface area contributed by atoms with E-state index in [1.807, 2.05) is 0 Å². The number of esters is 2. The second kappa shape index (κ2) is 5.81. The maximum absolute atomic E-state index is 11.9. The third-order valence-corrected chi connectivity index (χ3v) is 4.62. The van der Waals surface area contributed by atoms with Gasteiger partial charge in [0.1, 0.15) is 0 Å². The van der Waals surface area contributed by atoms with Gasteiger partial charge in [-0.05, 0) is 36.7 Å².